The van der Waals surface area contributed by atoms with Crippen LogP contribution in [-0.2, 0) is 10.0 Å². The molecule has 5 nitrogen and oxygen atoms in total. The standard InChI is InChI=1S/C18H19F4N3O2S/c1-4-25(15-8-6-14(19)7-9-15)23-13(3)16-11-12(2)5-10-17(16)24-28(26,27)18(20,21)22/h5-11,24H,4H2,1-3H3/b23-13+. The Bertz CT molecular complexity index is 971. The molecule has 0 aliphatic carbocycles. The maximum Gasteiger partial charge on any atom is 0.516 e. The third kappa shape index (κ3) is 5.00. The first-order chi connectivity index (χ1) is 12.9. The predicted octanol–water partition coefficient (Wildman–Crippen LogP) is 4.65. The fraction of sp³-hybridized carbons (Fsp3) is 0.278. The topological polar surface area (TPSA) is 61.8 Å². The van der Waals surface area contributed by atoms with Gasteiger partial charge in [0.05, 0.1) is 17.1 Å². The van der Waals surface area contributed by atoms with Crippen molar-refractivity contribution in [2.24, 2.45) is 5.10 Å². The zero-order valence-corrected chi connectivity index (χ0v) is 16.2. The van der Waals surface area contributed by atoms with Gasteiger partial charge in [-0.25, -0.2) is 4.39 Å². The highest BCUT2D eigenvalue weighted by molar-refractivity contribution is 7.93. The Balaban J connectivity index is 2.46. The second-order valence-electron chi connectivity index (χ2n) is 5.98. The first kappa shape index (κ1) is 21.7. The van der Waals surface area contributed by atoms with Gasteiger partial charge in [0, 0.05) is 12.1 Å². The molecule has 0 aromatic heterocycles. The van der Waals surface area contributed by atoms with Gasteiger partial charge in [-0.05, 0) is 57.2 Å². The van der Waals surface area contributed by atoms with E-state index in [2.05, 4.69) is 5.10 Å². The van der Waals surface area contributed by atoms with E-state index in [1.54, 1.807) is 25.5 Å². The lowest BCUT2D eigenvalue weighted by Gasteiger charge is -2.20. The van der Waals surface area contributed by atoms with Crippen LogP contribution in [0.15, 0.2) is 47.6 Å². The van der Waals surface area contributed by atoms with E-state index in [1.807, 2.05) is 0 Å². The Morgan fingerprint density at radius 1 is 1.14 bits per heavy atom. The van der Waals surface area contributed by atoms with Crippen LogP contribution in [0.25, 0.3) is 0 Å². The molecule has 0 spiro atoms. The van der Waals surface area contributed by atoms with Gasteiger partial charge in [-0.1, -0.05) is 11.6 Å². The van der Waals surface area contributed by atoms with E-state index in [1.165, 1.54) is 47.5 Å². The molecule has 0 saturated carbocycles. The molecule has 0 saturated heterocycles. The Hall–Kier alpha value is -2.62. The van der Waals surface area contributed by atoms with Crippen LogP contribution in [0, 0.1) is 12.7 Å². The number of sulfonamides is 1. The molecule has 152 valence electrons. The van der Waals surface area contributed by atoms with E-state index in [4.69, 9.17) is 0 Å². The number of hydrogen-bond acceptors (Lipinski definition) is 4. The third-order valence-electron chi connectivity index (χ3n) is 3.81. The number of aryl methyl sites for hydroxylation is 1. The van der Waals surface area contributed by atoms with E-state index in [9.17, 15) is 26.0 Å². The van der Waals surface area contributed by atoms with Crippen LogP contribution in [0.3, 0.4) is 0 Å². The molecular formula is C18H19F4N3O2S. The SMILES string of the molecule is CCN(/N=C(\C)c1cc(C)ccc1NS(=O)(=O)C(F)(F)F)c1ccc(F)cc1. The smallest absolute Gasteiger partial charge is 0.275 e. The van der Waals surface area contributed by atoms with E-state index in [-0.39, 0.29) is 17.0 Å². The number of alkyl halides is 3. The maximum absolute atomic E-state index is 13.1. The normalized spacial score (nSPS) is 12.8. The maximum atomic E-state index is 13.1. The van der Waals surface area contributed by atoms with Gasteiger partial charge >= 0.3 is 15.5 Å². The van der Waals surface area contributed by atoms with Gasteiger partial charge in [0.2, 0.25) is 0 Å². The van der Waals surface area contributed by atoms with Gasteiger partial charge in [0.15, 0.2) is 0 Å². The monoisotopic (exact) mass is 417 g/mol. The van der Waals surface area contributed by atoms with Gasteiger partial charge < -0.3 is 0 Å². The van der Waals surface area contributed by atoms with Gasteiger partial charge in [0.25, 0.3) is 0 Å². The molecule has 2 aromatic carbocycles. The fourth-order valence-electron chi connectivity index (χ4n) is 2.41. The minimum absolute atomic E-state index is 0.202. The number of nitrogens with one attached hydrogen (secondary N) is 1. The summed E-state index contributed by atoms with van der Waals surface area (Å²) in [5.74, 6) is -0.414. The molecule has 0 amide bonds. The second-order valence-corrected chi connectivity index (χ2v) is 7.65. The van der Waals surface area contributed by atoms with Crippen molar-refractivity contribution in [3.05, 3.63) is 59.4 Å². The number of benzene rings is 2. The van der Waals surface area contributed by atoms with Crippen molar-refractivity contribution < 1.29 is 26.0 Å². The van der Waals surface area contributed by atoms with E-state index in [0.717, 1.165) is 0 Å². The van der Waals surface area contributed by atoms with Crippen molar-refractivity contribution in [1.82, 2.24) is 0 Å². The van der Waals surface area contributed by atoms with Crippen LogP contribution < -0.4 is 9.73 Å². The summed E-state index contributed by atoms with van der Waals surface area (Å²) in [5, 5.41) is 5.90. The summed E-state index contributed by atoms with van der Waals surface area (Å²) in [6, 6.07) is 9.82. The van der Waals surface area contributed by atoms with Crippen LogP contribution in [0.5, 0.6) is 0 Å². The summed E-state index contributed by atoms with van der Waals surface area (Å²) in [5.41, 5.74) is -3.90. The molecule has 10 heteroatoms. The first-order valence-corrected chi connectivity index (χ1v) is 9.71. The molecule has 0 aliphatic heterocycles. The Morgan fingerprint density at radius 2 is 1.75 bits per heavy atom. The van der Waals surface area contributed by atoms with Crippen molar-refractivity contribution in [3.63, 3.8) is 0 Å². The number of rotatable bonds is 6. The molecule has 0 aliphatic rings. The minimum atomic E-state index is -5.57. The first-order valence-electron chi connectivity index (χ1n) is 8.23. The summed E-state index contributed by atoms with van der Waals surface area (Å²) in [6.45, 7) is 5.46. The van der Waals surface area contributed by atoms with Crippen molar-refractivity contribution in [2.75, 3.05) is 16.3 Å². The lowest BCUT2D eigenvalue weighted by molar-refractivity contribution is -0.0429. The molecule has 1 N–H and O–H groups in total. The summed E-state index contributed by atoms with van der Waals surface area (Å²) in [4.78, 5) is 0. The molecule has 0 bridgehead atoms. The van der Waals surface area contributed by atoms with Gasteiger partial charge in [-0.2, -0.15) is 26.7 Å². The quantitative estimate of drug-likeness (QED) is 0.423. The Morgan fingerprint density at radius 3 is 2.29 bits per heavy atom. The third-order valence-corrected chi connectivity index (χ3v) is 4.91. The molecule has 0 unspecified atom stereocenters. The highest BCUT2D eigenvalue weighted by atomic mass is 32.2. The highest BCUT2D eigenvalue weighted by Crippen LogP contribution is 2.28. The van der Waals surface area contributed by atoms with Crippen LogP contribution in [0.1, 0.15) is 25.0 Å². The van der Waals surface area contributed by atoms with Crippen molar-refractivity contribution in [2.45, 2.75) is 26.3 Å². The molecule has 0 atom stereocenters. The molecule has 28 heavy (non-hydrogen) atoms. The molecule has 0 heterocycles. The average Bonchev–Trinajstić information content (AvgIpc) is 2.60. The van der Waals surface area contributed by atoms with Gasteiger partial charge in [-0.15, -0.1) is 0 Å². The van der Waals surface area contributed by atoms with Gasteiger partial charge in [0.1, 0.15) is 5.82 Å². The fourth-order valence-corrected chi connectivity index (χ4v) is 2.99. The van der Waals surface area contributed by atoms with E-state index in [0.29, 0.717) is 17.8 Å². The Labute approximate surface area is 160 Å². The zero-order chi connectivity index (χ0) is 21.1. The Kier molecular flexibility index (Phi) is 6.33. The highest BCUT2D eigenvalue weighted by Gasteiger charge is 2.46. The molecule has 0 radical (unpaired) electrons. The van der Waals surface area contributed by atoms with Crippen LogP contribution >= 0.6 is 0 Å². The molecule has 2 aromatic rings. The average molecular weight is 417 g/mol. The number of nitrogens with zero attached hydrogens (tertiary/aromatic N) is 2. The van der Waals surface area contributed by atoms with Crippen LogP contribution in [0.2, 0.25) is 0 Å². The largest absolute Gasteiger partial charge is 0.516 e. The number of anilines is 2. The van der Waals surface area contributed by atoms with Gasteiger partial charge in [-0.3, -0.25) is 9.73 Å². The summed E-state index contributed by atoms with van der Waals surface area (Å²) < 4.78 is 75.9. The zero-order valence-electron chi connectivity index (χ0n) is 15.4. The molecular weight excluding hydrogens is 398 g/mol. The molecule has 2 rings (SSSR count). The second kappa shape index (κ2) is 8.17. The number of hydrogen-bond donors (Lipinski definition) is 1. The minimum Gasteiger partial charge on any atom is -0.275 e. The van der Waals surface area contributed by atoms with Crippen molar-refractivity contribution >= 4 is 27.1 Å². The number of halogens is 4. The predicted molar refractivity (Wildman–Crippen MR) is 101 cm³/mol. The molecule has 0 fully saturated rings. The summed E-state index contributed by atoms with van der Waals surface area (Å²) in [7, 11) is -5.57. The summed E-state index contributed by atoms with van der Waals surface area (Å²) in [6.07, 6.45) is 0. The summed E-state index contributed by atoms with van der Waals surface area (Å²) >= 11 is 0. The van der Waals surface area contributed by atoms with Crippen molar-refractivity contribution in [3.8, 4) is 0 Å². The van der Waals surface area contributed by atoms with Crippen LogP contribution in [0.4, 0.5) is 28.9 Å². The van der Waals surface area contributed by atoms with Crippen molar-refractivity contribution in [1.29, 1.82) is 0 Å². The van der Waals surface area contributed by atoms with E-state index >= 15 is 0 Å². The van der Waals surface area contributed by atoms with Crippen LogP contribution in [-0.4, -0.2) is 26.2 Å². The lowest BCUT2D eigenvalue weighted by Crippen LogP contribution is -2.30. The number of hydrazone groups is 1. The lowest BCUT2D eigenvalue weighted by atomic mass is 10.1. The van der Waals surface area contributed by atoms with E-state index < -0.39 is 21.3 Å².